The number of hydrogen-bond donors (Lipinski definition) is 2. The molecule has 2 N–H and O–H groups in total. The largest absolute Gasteiger partial charge is 0.359 e. The van der Waals surface area contributed by atoms with Gasteiger partial charge in [0.1, 0.15) is 23.7 Å². The second-order valence-corrected chi connectivity index (χ2v) is 5.71. The van der Waals surface area contributed by atoms with E-state index >= 15 is 0 Å². The van der Waals surface area contributed by atoms with E-state index in [0.717, 1.165) is 37.6 Å². The van der Waals surface area contributed by atoms with Gasteiger partial charge >= 0.3 is 0 Å². The van der Waals surface area contributed by atoms with Crippen molar-refractivity contribution in [2.45, 2.75) is 25.5 Å². The van der Waals surface area contributed by atoms with Crippen molar-refractivity contribution in [3.05, 3.63) is 40.7 Å². The number of rotatable bonds is 4. The summed E-state index contributed by atoms with van der Waals surface area (Å²) >= 11 is 5.96. The number of benzene rings is 1. The third-order valence-corrected chi connectivity index (χ3v) is 3.90. The number of ether oxygens (including phenoxy) is 1. The summed E-state index contributed by atoms with van der Waals surface area (Å²) in [5.74, 6) is -1.19. The van der Waals surface area contributed by atoms with Crippen LogP contribution in [0.1, 0.15) is 24.8 Å². The molecule has 0 bridgehead atoms. The van der Waals surface area contributed by atoms with E-state index in [1.54, 1.807) is 0 Å². The molecule has 0 radical (unpaired) electrons. The van der Waals surface area contributed by atoms with Crippen LogP contribution >= 0.6 is 11.6 Å². The zero-order chi connectivity index (χ0) is 17.1. The lowest BCUT2D eigenvalue weighted by Gasteiger charge is -2.25. The first-order valence-electron chi connectivity index (χ1n) is 7.50. The highest BCUT2D eigenvalue weighted by Gasteiger charge is 2.20. The van der Waals surface area contributed by atoms with Crippen molar-refractivity contribution >= 4 is 23.6 Å². The Morgan fingerprint density at radius 2 is 2.12 bits per heavy atom. The molecule has 0 amide bonds. The van der Waals surface area contributed by atoms with Crippen LogP contribution in [0.4, 0.5) is 14.6 Å². The number of hydrogen-bond acceptors (Lipinski definition) is 5. The standard InChI is InChI=1S/C16H15ClF2N4O/c17-16-22-14(10-5-4-9(18)7-12(10)19)11(8-20)15(23-16)21-13-3-1-2-6-24-13/h4-5,7-8,13,20H,1-3,6H2,(H,21,22,23). The van der Waals surface area contributed by atoms with Crippen LogP contribution < -0.4 is 5.32 Å². The molecular formula is C16H15ClF2N4O. The van der Waals surface area contributed by atoms with Crippen LogP contribution in [0.2, 0.25) is 5.28 Å². The van der Waals surface area contributed by atoms with Crippen LogP contribution in [0.25, 0.3) is 11.3 Å². The second kappa shape index (κ2) is 7.19. The summed E-state index contributed by atoms with van der Waals surface area (Å²) in [6.07, 6.45) is 3.55. The molecule has 126 valence electrons. The summed E-state index contributed by atoms with van der Waals surface area (Å²) in [7, 11) is 0. The van der Waals surface area contributed by atoms with Crippen molar-refractivity contribution in [3.8, 4) is 11.3 Å². The summed E-state index contributed by atoms with van der Waals surface area (Å²) in [5.41, 5.74) is 0.437. The number of halogens is 3. The molecule has 1 aromatic carbocycles. The minimum atomic E-state index is -0.785. The third-order valence-electron chi connectivity index (χ3n) is 3.73. The molecule has 3 rings (SSSR count). The van der Waals surface area contributed by atoms with E-state index in [9.17, 15) is 8.78 Å². The maximum absolute atomic E-state index is 14.1. The third kappa shape index (κ3) is 3.52. The molecule has 2 aromatic rings. The molecule has 1 aliphatic rings. The Hall–Kier alpha value is -2.12. The van der Waals surface area contributed by atoms with E-state index in [1.807, 2.05) is 0 Å². The zero-order valence-electron chi connectivity index (χ0n) is 12.7. The lowest BCUT2D eigenvalue weighted by molar-refractivity contribution is 0.0341. The van der Waals surface area contributed by atoms with E-state index in [0.29, 0.717) is 6.61 Å². The smallest absolute Gasteiger partial charge is 0.224 e. The molecule has 0 spiro atoms. The van der Waals surface area contributed by atoms with E-state index in [2.05, 4.69) is 15.3 Å². The molecule has 8 heteroatoms. The zero-order valence-corrected chi connectivity index (χ0v) is 13.4. The van der Waals surface area contributed by atoms with Gasteiger partial charge in [-0.15, -0.1) is 0 Å². The lowest BCUT2D eigenvalue weighted by Crippen LogP contribution is -2.28. The quantitative estimate of drug-likeness (QED) is 0.644. The Bertz CT molecular complexity index is 766. The van der Waals surface area contributed by atoms with Crippen molar-refractivity contribution in [2.75, 3.05) is 11.9 Å². The Balaban J connectivity index is 2.04. The Labute approximate surface area is 142 Å². The summed E-state index contributed by atoms with van der Waals surface area (Å²) in [6.45, 7) is 0.635. The maximum atomic E-state index is 14.1. The first-order valence-corrected chi connectivity index (χ1v) is 7.88. The Morgan fingerprint density at radius 1 is 1.29 bits per heavy atom. The second-order valence-electron chi connectivity index (χ2n) is 5.37. The van der Waals surface area contributed by atoms with Crippen molar-refractivity contribution in [1.29, 1.82) is 5.41 Å². The van der Waals surface area contributed by atoms with Crippen molar-refractivity contribution in [2.24, 2.45) is 0 Å². The predicted molar refractivity (Wildman–Crippen MR) is 87.5 cm³/mol. The maximum Gasteiger partial charge on any atom is 0.224 e. The summed E-state index contributed by atoms with van der Waals surface area (Å²) in [5, 5.41) is 10.6. The van der Waals surface area contributed by atoms with Crippen LogP contribution in [0.3, 0.4) is 0 Å². The van der Waals surface area contributed by atoms with Crippen LogP contribution in [-0.4, -0.2) is 29.0 Å². The highest BCUT2D eigenvalue weighted by molar-refractivity contribution is 6.28. The normalized spacial score (nSPS) is 17.5. The number of nitrogens with one attached hydrogen (secondary N) is 2. The molecule has 1 aromatic heterocycles. The van der Waals surface area contributed by atoms with Gasteiger partial charge in [-0.3, -0.25) is 0 Å². The van der Waals surface area contributed by atoms with Gasteiger partial charge in [0.2, 0.25) is 5.28 Å². The lowest BCUT2D eigenvalue weighted by atomic mass is 10.1. The molecular weight excluding hydrogens is 338 g/mol. The van der Waals surface area contributed by atoms with Gasteiger partial charge in [-0.1, -0.05) is 0 Å². The van der Waals surface area contributed by atoms with E-state index in [1.165, 1.54) is 6.07 Å². The minimum Gasteiger partial charge on any atom is -0.359 e. The highest BCUT2D eigenvalue weighted by atomic mass is 35.5. The van der Waals surface area contributed by atoms with Gasteiger partial charge in [0.05, 0.1) is 11.3 Å². The molecule has 1 unspecified atom stereocenters. The van der Waals surface area contributed by atoms with Gasteiger partial charge in [-0.05, 0) is 43.0 Å². The first-order chi connectivity index (χ1) is 11.6. The van der Waals surface area contributed by atoms with Gasteiger partial charge in [0.15, 0.2) is 0 Å². The minimum absolute atomic E-state index is 0.0480. The van der Waals surface area contributed by atoms with Gasteiger partial charge in [-0.2, -0.15) is 0 Å². The highest BCUT2D eigenvalue weighted by Crippen LogP contribution is 2.30. The fraction of sp³-hybridized carbons (Fsp3) is 0.312. The van der Waals surface area contributed by atoms with E-state index < -0.39 is 11.6 Å². The van der Waals surface area contributed by atoms with Crippen molar-refractivity contribution in [3.63, 3.8) is 0 Å². The SMILES string of the molecule is N=Cc1c(NC2CCCCO2)nc(Cl)nc1-c1ccc(F)cc1F. The molecule has 1 atom stereocenters. The number of anilines is 1. The molecule has 1 aliphatic heterocycles. The summed E-state index contributed by atoms with van der Waals surface area (Å²) in [4.78, 5) is 8.11. The Morgan fingerprint density at radius 3 is 2.79 bits per heavy atom. The van der Waals surface area contributed by atoms with Gasteiger partial charge in [-0.25, -0.2) is 18.7 Å². The van der Waals surface area contributed by atoms with Crippen LogP contribution in [0, 0.1) is 17.0 Å². The van der Waals surface area contributed by atoms with Crippen molar-refractivity contribution < 1.29 is 13.5 Å². The first kappa shape index (κ1) is 16.7. The summed E-state index contributed by atoms with van der Waals surface area (Å²) < 4.78 is 32.8. The Kier molecular flexibility index (Phi) is 5.01. The number of nitrogens with zero attached hydrogens (tertiary/aromatic N) is 2. The predicted octanol–water partition coefficient (Wildman–Crippen LogP) is 4.01. The van der Waals surface area contributed by atoms with Gasteiger partial charge < -0.3 is 15.5 Å². The van der Waals surface area contributed by atoms with E-state index in [-0.39, 0.29) is 34.2 Å². The number of aromatic nitrogens is 2. The topological polar surface area (TPSA) is 70.9 Å². The fourth-order valence-electron chi connectivity index (χ4n) is 2.58. The molecule has 5 nitrogen and oxygen atoms in total. The average Bonchev–Trinajstić information content (AvgIpc) is 2.55. The van der Waals surface area contributed by atoms with Crippen LogP contribution in [0.15, 0.2) is 18.2 Å². The molecule has 0 saturated carbocycles. The van der Waals surface area contributed by atoms with Gasteiger partial charge in [0, 0.05) is 24.5 Å². The summed E-state index contributed by atoms with van der Waals surface area (Å²) in [6, 6.07) is 3.15. The monoisotopic (exact) mass is 352 g/mol. The van der Waals surface area contributed by atoms with E-state index in [4.69, 9.17) is 21.7 Å². The molecule has 0 aliphatic carbocycles. The van der Waals surface area contributed by atoms with Crippen LogP contribution in [0.5, 0.6) is 0 Å². The molecule has 1 fully saturated rings. The fourth-order valence-corrected chi connectivity index (χ4v) is 2.75. The molecule has 2 heterocycles. The average molecular weight is 353 g/mol. The molecule has 1 saturated heterocycles. The molecule has 24 heavy (non-hydrogen) atoms. The van der Waals surface area contributed by atoms with Gasteiger partial charge in [0.25, 0.3) is 0 Å². The van der Waals surface area contributed by atoms with Crippen molar-refractivity contribution in [1.82, 2.24) is 9.97 Å². The van der Waals surface area contributed by atoms with Crippen LogP contribution in [-0.2, 0) is 4.74 Å².